The molecule has 19 heavy (non-hydrogen) atoms. The molecule has 1 heterocycles. The monoisotopic (exact) mass is 293 g/mol. The van der Waals surface area contributed by atoms with Crippen LogP contribution in [0.15, 0.2) is 0 Å². The number of nitrogens with one attached hydrogen (secondary N) is 1. The summed E-state index contributed by atoms with van der Waals surface area (Å²) in [6, 6.07) is -0.290. The predicted molar refractivity (Wildman–Crippen MR) is 67.9 cm³/mol. The fraction of sp³-hybridized carbons (Fsp3) is 0.800. The van der Waals surface area contributed by atoms with Crippen molar-refractivity contribution in [2.45, 2.75) is 19.3 Å². The zero-order valence-electron chi connectivity index (χ0n) is 10.5. The van der Waals surface area contributed by atoms with Gasteiger partial charge in [0.2, 0.25) is 10.0 Å². The summed E-state index contributed by atoms with van der Waals surface area (Å²) in [4.78, 5) is 23.8. The maximum atomic E-state index is 11.7. The summed E-state index contributed by atoms with van der Waals surface area (Å²) in [5.41, 5.74) is 0. The molecule has 110 valence electrons. The molecular formula is C10H19N3O5S. The molecule has 1 unspecified atom stereocenters. The molecule has 1 atom stereocenters. The Balaban J connectivity index is 2.22. The molecule has 2 amide bonds. The number of carboxylic acids is 1. The van der Waals surface area contributed by atoms with E-state index in [2.05, 4.69) is 5.32 Å². The van der Waals surface area contributed by atoms with Crippen LogP contribution in [0.1, 0.15) is 19.3 Å². The largest absolute Gasteiger partial charge is 0.481 e. The maximum Gasteiger partial charge on any atom is 0.317 e. The summed E-state index contributed by atoms with van der Waals surface area (Å²) in [7, 11) is -3.49. The highest BCUT2D eigenvalue weighted by Crippen LogP contribution is 2.19. The number of sulfonamides is 1. The summed E-state index contributed by atoms with van der Waals surface area (Å²) >= 11 is 0. The van der Waals surface area contributed by atoms with Crippen LogP contribution in [-0.4, -0.2) is 55.8 Å². The Morgan fingerprint density at radius 1 is 1.42 bits per heavy atom. The molecule has 1 fully saturated rings. The van der Waals surface area contributed by atoms with Crippen LogP contribution in [0.5, 0.6) is 0 Å². The van der Waals surface area contributed by atoms with Crippen LogP contribution in [0.4, 0.5) is 4.79 Å². The lowest BCUT2D eigenvalue weighted by molar-refractivity contribution is -0.138. The maximum absolute atomic E-state index is 11.7. The van der Waals surface area contributed by atoms with Crippen molar-refractivity contribution in [1.82, 2.24) is 10.2 Å². The molecule has 1 rings (SSSR count). The number of likely N-dealkylation sites (tertiary alicyclic amines) is 1. The van der Waals surface area contributed by atoms with E-state index in [1.54, 1.807) is 4.90 Å². The van der Waals surface area contributed by atoms with Gasteiger partial charge in [0.15, 0.2) is 0 Å². The average molecular weight is 293 g/mol. The molecule has 0 aromatic heterocycles. The second kappa shape index (κ2) is 6.71. The van der Waals surface area contributed by atoms with Gasteiger partial charge in [0.05, 0.1) is 5.75 Å². The van der Waals surface area contributed by atoms with Crippen LogP contribution in [0.2, 0.25) is 0 Å². The first-order chi connectivity index (χ1) is 8.78. The van der Waals surface area contributed by atoms with Crippen molar-refractivity contribution in [2.75, 3.05) is 25.4 Å². The molecule has 0 aliphatic carbocycles. The van der Waals surface area contributed by atoms with E-state index in [0.717, 1.165) is 0 Å². The van der Waals surface area contributed by atoms with E-state index in [-0.39, 0.29) is 37.1 Å². The number of nitrogens with zero attached hydrogens (tertiary/aromatic N) is 1. The number of carbonyl (C=O) groups excluding carboxylic acids is 1. The number of amides is 2. The number of rotatable bonds is 6. The Kier molecular flexibility index (Phi) is 5.55. The third kappa shape index (κ3) is 6.39. The Morgan fingerprint density at radius 2 is 2.11 bits per heavy atom. The average Bonchev–Trinajstić information content (AvgIpc) is 2.70. The van der Waals surface area contributed by atoms with Gasteiger partial charge in [-0.25, -0.2) is 18.4 Å². The highest BCUT2D eigenvalue weighted by atomic mass is 32.2. The molecule has 0 spiro atoms. The summed E-state index contributed by atoms with van der Waals surface area (Å²) in [5.74, 6) is -1.04. The fourth-order valence-electron chi connectivity index (χ4n) is 2.01. The number of hydrogen-bond donors (Lipinski definition) is 3. The second-order valence-electron chi connectivity index (χ2n) is 4.65. The molecule has 0 radical (unpaired) electrons. The number of hydrogen-bond acceptors (Lipinski definition) is 4. The molecule has 1 saturated heterocycles. The summed E-state index contributed by atoms with van der Waals surface area (Å²) < 4.78 is 21.4. The van der Waals surface area contributed by atoms with E-state index in [4.69, 9.17) is 10.2 Å². The third-order valence-corrected chi connectivity index (χ3v) is 3.78. The summed E-state index contributed by atoms with van der Waals surface area (Å²) in [6.45, 7) is 1.18. The number of aliphatic carboxylic acids is 1. The first-order valence-corrected chi connectivity index (χ1v) is 7.74. The Hall–Kier alpha value is -1.35. The molecule has 1 aliphatic rings. The minimum absolute atomic E-state index is 0.00679. The quantitative estimate of drug-likeness (QED) is 0.550. The highest BCUT2D eigenvalue weighted by molar-refractivity contribution is 7.89. The van der Waals surface area contributed by atoms with Gasteiger partial charge in [0.1, 0.15) is 0 Å². The Bertz CT molecular complexity index is 436. The second-order valence-corrected chi connectivity index (χ2v) is 6.39. The molecular weight excluding hydrogens is 274 g/mol. The van der Waals surface area contributed by atoms with Crippen LogP contribution in [-0.2, 0) is 14.8 Å². The first kappa shape index (κ1) is 15.7. The van der Waals surface area contributed by atoms with Gasteiger partial charge in [0, 0.05) is 26.1 Å². The molecule has 0 saturated carbocycles. The third-order valence-electron chi connectivity index (χ3n) is 2.92. The van der Waals surface area contributed by atoms with Crippen molar-refractivity contribution in [3.63, 3.8) is 0 Å². The molecule has 0 aromatic rings. The lowest BCUT2D eigenvalue weighted by Crippen LogP contribution is -2.39. The number of nitrogens with two attached hydrogens (primary N) is 1. The molecule has 4 N–H and O–H groups in total. The minimum Gasteiger partial charge on any atom is -0.481 e. The predicted octanol–water partition coefficient (Wildman–Crippen LogP) is -0.829. The van der Waals surface area contributed by atoms with Gasteiger partial charge in [-0.15, -0.1) is 0 Å². The van der Waals surface area contributed by atoms with Crippen LogP contribution < -0.4 is 10.5 Å². The van der Waals surface area contributed by atoms with E-state index in [9.17, 15) is 18.0 Å². The minimum atomic E-state index is -3.49. The molecule has 0 bridgehead atoms. The SMILES string of the molecule is NS(=O)(=O)CCCNC(=O)N1CCC(CC(=O)O)C1. The number of urea groups is 1. The smallest absolute Gasteiger partial charge is 0.317 e. The Morgan fingerprint density at radius 3 is 2.68 bits per heavy atom. The lowest BCUT2D eigenvalue weighted by atomic mass is 10.1. The van der Waals surface area contributed by atoms with Crippen molar-refractivity contribution in [2.24, 2.45) is 11.1 Å². The van der Waals surface area contributed by atoms with Gasteiger partial charge in [-0.1, -0.05) is 0 Å². The van der Waals surface area contributed by atoms with Gasteiger partial charge in [-0.2, -0.15) is 0 Å². The summed E-state index contributed by atoms with van der Waals surface area (Å²) in [6.07, 6.45) is 1.00. The lowest BCUT2D eigenvalue weighted by Gasteiger charge is -2.17. The van der Waals surface area contributed by atoms with Crippen LogP contribution in [0.25, 0.3) is 0 Å². The Labute approximate surface area is 112 Å². The molecule has 0 aromatic carbocycles. The van der Waals surface area contributed by atoms with Gasteiger partial charge in [-0.05, 0) is 18.8 Å². The van der Waals surface area contributed by atoms with E-state index in [0.29, 0.717) is 19.5 Å². The zero-order chi connectivity index (χ0) is 14.5. The fourth-order valence-corrected chi connectivity index (χ4v) is 2.56. The van der Waals surface area contributed by atoms with Gasteiger partial charge < -0.3 is 15.3 Å². The first-order valence-electron chi connectivity index (χ1n) is 6.03. The van der Waals surface area contributed by atoms with Crippen molar-refractivity contribution < 1.29 is 23.1 Å². The van der Waals surface area contributed by atoms with Crippen molar-refractivity contribution in [3.05, 3.63) is 0 Å². The molecule has 1 aliphatic heterocycles. The van der Waals surface area contributed by atoms with Crippen LogP contribution >= 0.6 is 0 Å². The van der Waals surface area contributed by atoms with Gasteiger partial charge >= 0.3 is 12.0 Å². The number of primary sulfonamides is 1. The van der Waals surface area contributed by atoms with Crippen molar-refractivity contribution in [1.29, 1.82) is 0 Å². The van der Waals surface area contributed by atoms with Crippen LogP contribution in [0, 0.1) is 5.92 Å². The van der Waals surface area contributed by atoms with Crippen LogP contribution in [0.3, 0.4) is 0 Å². The zero-order valence-corrected chi connectivity index (χ0v) is 11.4. The van der Waals surface area contributed by atoms with Crippen molar-refractivity contribution >= 4 is 22.0 Å². The number of carbonyl (C=O) groups is 2. The van der Waals surface area contributed by atoms with Gasteiger partial charge in [0.25, 0.3) is 0 Å². The van der Waals surface area contributed by atoms with Gasteiger partial charge in [-0.3, -0.25) is 4.79 Å². The molecule has 8 nitrogen and oxygen atoms in total. The van der Waals surface area contributed by atoms with E-state index in [1.807, 2.05) is 0 Å². The van der Waals surface area contributed by atoms with E-state index < -0.39 is 16.0 Å². The van der Waals surface area contributed by atoms with E-state index >= 15 is 0 Å². The number of carboxylic acid groups (broad SMARTS) is 1. The molecule has 9 heteroatoms. The highest BCUT2D eigenvalue weighted by Gasteiger charge is 2.27. The van der Waals surface area contributed by atoms with Crippen molar-refractivity contribution in [3.8, 4) is 0 Å². The standard InChI is InChI=1S/C10H19N3O5S/c11-19(17,18)5-1-3-12-10(16)13-4-2-8(7-13)6-9(14)15/h8H,1-7H2,(H,12,16)(H,14,15)(H2,11,17,18). The summed E-state index contributed by atoms with van der Waals surface area (Å²) in [5, 5.41) is 16.1. The van der Waals surface area contributed by atoms with E-state index in [1.165, 1.54) is 0 Å². The normalized spacial score (nSPS) is 19.4. The topological polar surface area (TPSA) is 130 Å².